The van der Waals surface area contributed by atoms with Gasteiger partial charge in [0.25, 0.3) is 0 Å². The molecule has 0 bridgehead atoms. The Morgan fingerprint density at radius 1 is 0.469 bits per heavy atom. The van der Waals surface area contributed by atoms with Crippen molar-refractivity contribution < 1.29 is 0 Å². The lowest BCUT2D eigenvalue weighted by Crippen LogP contribution is -2.15. The van der Waals surface area contributed by atoms with Gasteiger partial charge in [-0.15, -0.1) is 0 Å². The molecule has 0 fully saturated rings. The zero-order valence-electron chi connectivity index (χ0n) is 27.6. The largest absolute Gasteiger partial charge is 0.310 e. The molecular weight excluding hydrogens is 595 g/mol. The van der Waals surface area contributed by atoms with Gasteiger partial charge in [0, 0.05) is 33.4 Å². The molecule has 0 saturated heterocycles. The molecule has 1 aromatic heterocycles. The van der Waals surface area contributed by atoms with Crippen molar-refractivity contribution in [3.63, 3.8) is 0 Å². The van der Waals surface area contributed by atoms with Gasteiger partial charge in [0.2, 0.25) is 0 Å². The lowest BCUT2D eigenvalue weighted by Gasteiger charge is -2.27. The predicted octanol–water partition coefficient (Wildman–Crippen LogP) is 12.1. The molecule has 0 radical (unpaired) electrons. The molecule has 0 unspecified atom stereocenters. The topological polar surface area (TPSA) is 21.1 Å². The zero-order chi connectivity index (χ0) is 33.0. The third kappa shape index (κ3) is 4.86. The van der Waals surface area contributed by atoms with Crippen molar-refractivity contribution in [3.05, 3.63) is 187 Å². The van der Waals surface area contributed by atoms with Gasteiger partial charge in [-0.1, -0.05) is 129 Å². The minimum atomic E-state index is -0.0236. The fourth-order valence-corrected chi connectivity index (χ4v) is 7.57. The molecule has 8 aromatic rings. The van der Waals surface area contributed by atoms with Gasteiger partial charge in [-0.3, -0.25) is 0 Å². The minimum Gasteiger partial charge on any atom is -0.310 e. The van der Waals surface area contributed by atoms with E-state index in [1.807, 2.05) is 10.7 Å². The summed E-state index contributed by atoms with van der Waals surface area (Å²) in [5.41, 5.74) is 15.3. The zero-order valence-corrected chi connectivity index (χ0v) is 27.6. The minimum absolute atomic E-state index is 0.0236. The van der Waals surface area contributed by atoms with Crippen molar-refractivity contribution >= 4 is 28.0 Å². The Morgan fingerprint density at radius 2 is 1.10 bits per heavy atom. The number of rotatable bonds is 6. The number of anilines is 3. The van der Waals surface area contributed by atoms with Gasteiger partial charge in [0.15, 0.2) is 0 Å². The summed E-state index contributed by atoms with van der Waals surface area (Å²) >= 11 is 0. The van der Waals surface area contributed by atoms with Crippen LogP contribution in [0.1, 0.15) is 25.0 Å². The van der Waals surface area contributed by atoms with Gasteiger partial charge in [-0.05, 0) is 94.0 Å². The van der Waals surface area contributed by atoms with Crippen LogP contribution in [-0.4, -0.2) is 9.78 Å². The molecular formula is C46H35N3. The summed E-state index contributed by atoms with van der Waals surface area (Å²) in [7, 11) is 0. The SMILES string of the molecule is CC1(C)c2ccccc2-c2cc(N(c3ccccc3)c3ccc(-c4cccc(-c5nn(-c6ccccc6)c6ccccc56)c4)cc3)ccc21. The lowest BCUT2D eigenvalue weighted by atomic mass is 9.82. The molecule has 9 rings (SSSR count). The molecule has 0 N–H and O–H groups in total. The van der Waals surface area contributed by atoms with E-state index in [0.29, 0.717) is 0 Å². The molecule has 3 heteroatoms. The van der Waals surface area contributed by atoms with Crippen molar-refractivity contribution in [2.45, 2.75) is 19.3 Å². The average molecular weight is 630 g/mol. The molecule has 7 aromatic carbocycles. The lowest BCUT2D eigenvalue weighted by molar-refractivity contribution is 0.660. The Labute approximate surface area is 287 Å². The van der Waals surface area contributed by atoms with E-state index in [1.54, 1.807) is 0 Å². The highest BCUT2D eigenvalue weighted by Gasteiger charge is 2.35. The quantitative estimate of drug-likeness (QED) is 0.182. The van der Waals surface area contributed by atoms with Crippen LogP contribution < -0.4 is 4.90 Å². The highest BCUT2D eigenvalue weighted by molar-refractivity contribution is 5.95. The fraction of sp³-hybridized carbons (Fsp3) is 0.0652. The summed E-state index contributed by atoms with van der Waals surface area (Å²) in [6.07, 6.45) is 0. The van der Waals surface area contributed by atoms with Crippen LogP contribution in [0.4, 0.5) is 17.1 Å². The van der Waals surface area contributed by atoms with Crippen molar-refractivity contribution in [1.82, 2.24) is 9.78 Å². The maximum atomic E-state index is 5.13. The summed E-state index contributed by atoms with van der Waals surface area (Å²) in [6.45, 7) is 4.66. The number of fused-ring (bicyclic) bond motifs is 4. The van der Waals surface area contributed by atoms with Crippen LogP contribution in [0.15, 0.2) is 176 Å². The fourth-order valence-electron chi connectivity index (χ4n) is 7.57. The molecule has 234 valence electrons. The molecule has 1 aliphatic carbocycles. The maximum Gasteiger partial charge on any atom is 0.101 e. The number of para-hydroxylation sites is 3. The van der Waals surface area contributed by atoms with Crippen molar-refractivity contribution in [2.24, 2.45) is 0 Å². The van der Waals surface area contributed by atoms with E-state index < -0.39 is 0 Å². The van der Waals surface area contributed by atoms with Crippen LogP contribution in [0.3, 0.4) is 0 Å². The Morgan fingerprint density at radius 3 is 1.92 bits per heavy atom. The van der Waals surface area contributed by atoms with Gasteiger partial charge >= 0.3 is 0 Å². The number of aromatic nitrogens is 2. The molecule has 0 atom stereocenters. The van der Waals surface area contributed by atoms with Gasteiger partial charge in [-0.25, -0.2) is 4.68 Å². The van der Waals surface area contributed by atoms with Crippen LogP contribution in [0, 0.1) is 0 Å². The summed E-state index contributed by atoms with van der Waals surface area (Å²) in [4.78, 5) is 2.36. The highest BCUT2D eigenvalue weighted by Crippen LogP contribution is 2.50. The molecule has 0 amide bonds. The van der Waals surface area contributed by atoms with E-state index in [9.17, 15) is 0 Å². The average Bonchev–Trinajstić information content (AvgIpc) is 3.66. The summed E-state index contributed by atoms with van der Waals surface area (Å²) in [5.74, 6) is 0. The molecule has 3 nitrogen and oxygen atoms in total. The molecule has 0 aliphatic heterocycles. The molecule has 1 aliphatic rings. The second kappa shape index (κ2) is 11.5. The first-order chi connectivity index (χ1) is 24.1. The van der Waals surface area contributed by atoms with E-state index in [0.717, 1.165) is 56.0 Å². The maximum absolute atomic E-state index is 5.13. The third-order valence-electron chi connectivity index (χ3n) is 10.0. The predicted molar refractivity (Wildman–Crippen MR) is 204 cm³/mol. The molecule has 49 heavy (non-hydrogen) atoms. The van der Waals surface area contributed by atoms with E-state index in [1.165, 1.54) is 22.3 Å². The smallest absolute Gasteiger partial charge is 0.101 e. The van der Waals surface area contributed by atoms with Crippen molar-refractivity contribution in [1.29, 1.82) is 0 Å². The summed E-state index contributed by atoms with van der Waals surface area (Å²) < 4.78 is 2.04. The number of nitrogens with zero attached hydrogens (tertiary/aromatic N) is 3. The van der Waals surface area contributed by atoms with Crippen LogP contribution in [0.5, 0.6) is 0 Å². The first-order valence-corrected chi connectivity index (χ1v) is 16.9. The first-order valence-electron chi connectivity index (χ1n) is 16.9. The van der Waals surface area contributed by atoms with Crippen molar-refractivity contribution in [2.75, 3.05) is 4.90 Å². The van der Waals surface area contributed by atoms with Crippen LogP contribution >= 0.6 is 0 Å². The van der Waals surface area contributed by atoms with Crippen LogP contribution in [0.25, 0.3) is 50.1 Å². The molecule has 0 saturated carbocycles. The first kappa shape index (κ1) is 29.0. The van der Waals surface area contributed by atoms with Gasteiger partial charge < -0.3 is 4.90 Å². The Hall–Kier alpha value is -6.19. The van der Waals surface area contributed by atoms with E-state index >= 15 is 0 Å². The Balaban J connectivity index is 1.10. The standard InChI is InChI=1S/C46H35N3/c1-46(2)42-22-11-9-20-39(42)41-31-38(28-29-43(41)46)48(35-16-5-3-6-17-35)36-26-24-32(25-27-36)33-14-13-15-34(30-33)45-40-21-10-12-23-44(40)49(47-45)37-18-7-4-8-19-37/h3-31H,1-2H3. The number of hydrogen-bond acceptors (Lipinski definition) is 2. The van der Waals surface area contributed by atoms with Gasteiger partial charge in [0.1, 0.15) is 5.69 Å². The Bertz CT molecular complexity index is 2460. The second-order valence-electron chi connectivity index (χ2n) is 13.3. The van der Waals surface area contributed by atoms with Gasteiger partial charge in [0.05, 0.1) is 11.2 Å². The van der Waals surface area contributed by atoms with Crippen molar-refractivity contribution in [3.8, 4) is 39.2 Å². The van der Waals surface area contributed by atoms with Crippen LogP contribution in [0.2, 0.25) is 0 Å². The van der Waals surface area contributed by atoms with E-state index in [-0.39, 0.29) is 5.41 Å². The monoisotopic (exact) mass is 629 g/mol. The van der Waals surface area contributed by atoms with E-state index in [4.69, 9.17) is 5.10 Å². The van der Waals surface area contributed by atoms with Gasteiger partial charge in [-0.2, -0.15) is 5.10 Å². The number of hydrogen-bond donors (Lipinski definition) is 0. The third-order valence-corrected chi connectivity index (χ3v) is 10.0. The normalized spacial score (nSPS) is 12.9. The van der Waals surface area contributed by atoms with Crippen LogP contribution in [-0.2, 0) is 5.41 Å². The van der Waals surface area contributed by atoms with E-state index in [2.05, 4.69) is 189 Å². The molecule has 1 heterocycles. The Kier molecular flexibility index (Phi) is 6.80. The highest BCUT2D eigenvalue weighted by atomic mass is 15.3. The summed E-state index contributed by atoms with van der Waals surface area (Å²) in [5, 5.41) is 6.26. The summed E-state index contributed by atoms with van der Waals surface area (Å²) in [6, 6.07) is 62.9. The molecule has 0 spiro atoms. The number of benzene rings is 7. The second-order valence-corrected chi connectivity index (χ2v) is 13.3.